The fourth-order valence-electron chi connectivity index (χ4n) is 2.30. The third-order valence-corrected chi connectivity index (χ3v) is 4.12. The van der Waals surface area contributed by atoms with Crippen molar-refractivity contribution in [2.24, 2.45) is 0 Å². The van der Waals surface area contributed by atoms with Crippen LogP contribution in [0.1, 0.15) is 24.5 Å². The van der Waals surface area contributed by atoms with E-state index in [4.69, 9.17) is 4.74 Å². The Kier molecular flexibility index (Phi) is 2.67. The Balaban J connectivity index is 2.00. The first kappa shape index (κ1) is 10.3. The molecule has 1 fully saturated rings. The average Bonchev–Trinajstić information content (AvgIpc) is 2.98. The number of fused-ring (bicyclic) bond motifs is 1. The van der Waals surface area contributed by atoms with Crippen LogP contribution < -0.4 is 0 Å². The molecule has 2 atom stereocenters. The van der Waals surface area contributed by atoms with Gasteiger partial charge in [-0.15, -0.1) is 11.3 Å². The van der Waals surface area contributed by atoms with Crippen molar-refractivity contribution < 1.29 is 9.84 Å². The van der Waals surface area contributed by atoms with Crippen molar-refractivity contribution in [3.05, 3.63) is 35.2 Å². The molecule has 0 spiro atoms. The number of aliphatic hydroxyl groups is 1. The highest BCUT2D eigenvalue weighted by Crippen LogP contribution is 2.33. The van der Waals surface area contributed by atoms with Gasteiger partial charge in [-0.05, 0) is 29.7 Å². The topological polar surface area (TPSA) is 29.5 Å². The maximum atomic E-state index is 10.3. The second-order valence-corrected chi connectivity index (χ2v) is 5.10. The number of benzene rings is 1. The van der Waals surface area contributed by atoms with Crippen molar-refractivity contribution in [1.82, 2.24) is 0 Å². The number of hydrogen-bond donors (Lipinski definition) is 1. The molecule has 1 aromatic heterocycles. The summed E-state index contributed by atoms with van der Waals surface area (Å²) in [6.45, 7) is 0.780. The molecular formula is C13H14O2S. The molecule has 0 radical (unpaired) electrons. The first-order chi connectivity index (χ1) is 7.86. The maximum absolute atomic E-state index is 10.3. The predicted molar refractivity (Wildman–Crippen MR) is 65.8 cm³/mol. The molecule has 1 aromatic carbocycles. The van der Waals surface area contributed by atoms with Crippen molar-refractivity contribution in [3.8, 4) is 0 Å². The van der Waals surface area contributed by atoms with E-state index in [9.17, 15) is 5.11 Å². The summed E-state index contributed by atoms with van der Waals surface area (Å²) in [5, 5.41) is 13.6. The largest absolute Gasteiger partial charge is 0.386 e. The molecule has 2 aromatic rings. The van der Waals surface area contributed by atoms with Crippen LogP contribution in [0.5, 0.6) is 0 Å². The number of hydrogen-bond acceptors (Lipinski definition) is 3. The standard InChI is InChI=1S/C13H14O2S/c14-12(11-5-2-7-15-11)10-4-1-3-9-6-8-16-13(9)10/h1,3-4,6,8,11-12,14H,2,5,7H2. The molecule has 2 unspecified atom stereocenters. The SMILES string of the molecule is OC(c1cccc2ccsc12)C1CCCO1. The number of ether oxygens (including phenoxy) is 1. The Bertz CT molecular complexity index is 485. The van der Waals surface area contributed by atoms with Gasteiger partial charge < -0.3 is 9.84 Å². The summed E-state index contributed by atoms with van der Waals surface area (Å²) in [6.07, 6.45) is 1.52. The smallest absolute Gasteiger partial charge is 0.106 e. The molecular weight excluding hydrogens is 220 g/mol. The van der Waals surface area contributed by atoms with Crippen LogP contribution >= 0.6 is 11.3 Å². The Labute approximate surface area is 98.5 Å². The van der Waals surface area contributed by atoms with E-state index in [2.05, 4.69) is 17.5 Å². The Morgan fingerprint density at radius 1 is 1.38 bits per heavy atom. The summed E-state index contributed by atoms with van der Waals surface area (Å²) in [5.74, 6) is 0. The molecule has 3 heteroatoms. The summed E-state index contributed by atoms with van der Waals surface area (Å²) in [4.78, 5) is 0. The molecule has 0 saturated carbocycles. The molecule has 2 heterocycles. The van der Waals surface area contributed by atoms with Crippen molar-refractivity contribution in [2.75, 3.05) is 6.61 Å². The van der Waals surface area contributed by atoms with Gasteiger partial charge >= 0.3 is 0 Å². The van der Waals surface area contributed by atoms with E-state index in [1.807, 2.05) is 12.1 Å². The molecule has 1 aliphatic heterocycles. The normalized spacial score (nSPS) is 22.7. The van der Waals surface area contributed by atoms with E-state index in [0.29, 0.717) is 0 Å². The molecule has 2 nitrogen and oxygen atoms in total. The lowest BCUT2D eigenvalue weighted by Crippen LogP contribution is -2.17. The van der Waals surface area contributed by atoms with Crippen molar-refractivity contribution >= 4 is 21.4 Å². The van der Waals surface area contributed by atoms with Crippen LogP contribution in [0.25, 0.3) is 10.1 Å². The Morgan fingerprint density at radius 2 is 2.31 bits per heavy atom. The summed E-state index contributed by atoms with van der Waals surface area (Å²) in [5.41, 5.74) is 1.01. The lowest BCUT2D eigenvalue weighted by molar-refractivity contribution is -0.00178. The van der Waals surface area contributed by atoms with Crippen molar-refractivity contribution in [1.29, 1.82) is 0 Å². The highest BCUT2D eigenvalue weighted by Gasteiger charge is 2.26. The minimum atomic E-state index is -0.482. The van der Waals surface area contributed by atoms with Gasteiger partial charge in [0.2, 0.25) is 0 Å². The van der Waals surface area contributed by atoms with Gasteiger partial charge in [0.15, 0.2) is 0 Å². The first-order valence-electron chi connectivity index (χ1n) is 5.62. The molecule has 16 heavy (non-hydrogen) atoms. The van der Waals surface area contributed by atoms with E-state index < -0.39 is 6.10 Å². The van der Waals surface area contributed by atoms with Crippen LogP contribution in [0, 0.1) is 0 Å². The van der Waals surface area contributed by atoms with Gasteiger partial charge in [0.05, 0.1) is 6.10 Å². The minimum absolute atomic E-state index is 0.0206. The highest BCUT2D eigenvalue weighted by molar-refractivity contribution is 7.17. The monoisotopic (exact) mass is 234 g/mol. The predicted octanol–water partition coefficient (Wildman–Crippen LogP) is 3.11. The van der Waals surface area contributed by atoms with Gasteiger partial charge in [-0.3, -0.25) is 0 Å². The van der Waals surface area contributed by atoms with E-state index in [1.54, 1.807) is 11.3 Å². The van der Waals surface area contributed by atoms with Crippen LogP contribution in [-0.2, 0) is 4.74 Å². The quantitative estimate of drug-likeness (QED) is 0.865. The fourth-order valence-corrected chi connectivity index (χ4v) is 3.25. The fraction of sp³-hybridized carbons (Fsp3) is 0.385. The third kappa shape index (κ3) is 1.65. The lowest BCUT2D eigenvalue weighted by Gasteiger charge is -2.18. The molecule has 0 aliphatic carbocycles. The van der Waals surface area contributed by atoms with Gasteiger partial charge in [-0.25, -0.2) is 0 Å². The Hall–Kier alpha value is -0.900. The van der Waals surface area contributed by atoms with Crippen LogP contribution in [0.3, 0.4) is 0 Å². The molecule has 0 bridgehead atoms. The van der Waals surface area contributed by atoms with E-state index in [-0.39, 0.29) is 6.10 Å². The highest BCUT2D eigenvalue weighted by atomic mass is 32.1. The second kappa shape index (κ2) is 4.17. The number of thiophene rings is 1. The molecule has 1 N–H and O–H groups in total. The van der Waals surface area contributed by atoms with Crippen molar-refractivity contribution in [2.45, 2.75) is 25.0 Å². The summed E-state index contributed by atoms with van der Waals surface area (Å²) < 4.78 is 6.73. The van der Waals surface area contributed by atoms with Crippen LogP contribution in [0.4, 0.5) is 0 Å². The molecule has 3 rings (SSSR count). The number of aliphatic hydroxyl groups excluding tert-OH is 1. The maximum Gasteiger partial charge on any atom is 0.106 e. The van der Waals surface area contributed by atoms with Gasteiger partial charge in [0.1, 0.15) is 6.10 Å². The molecule has 1 saturated heterocycles. The van der Waals surface area contributed by atoms with Crippen molar-refractivity contribution in [3.63, 3.8) is 0 Å². The van der Waals surface area contributed by atoms with Gasteiger partial charge in [-0.2, -0.15) is 0 Å². The van der Waals surface area contributed by atoms with E-state index >= 15 is 0 Å². The zero-order chi connectivity index (χ0) is 11.0. The molecule has 0 amide bonds. The van der Waals surface area contributed by atoms with Gasteiger partial charge in [0.25, 0.3) is 0 Å². The zero-order valence-corrected chi connectivity index (χ0v) is 9.74. The van der Waals surface area contributed by atoms with Gasteiger partial charge in [0, 0.05) is 16.9 Å². The Morgan fingerprint density at radius 3 is 3.12 bits per heavy atom. The summed E-state index contributed by atoms with van der Waals surface area (Å²) in [7, 11) is 0. The van der Waals surface area contributed by atoms with Gasteiger partial charge in [-0.1, -0.05) is 18.2 Å². The van der Waals surface area contributed by atoms with E-state index in [0.717, 1.165) is 25.0 Å². The molecule has 84 valence electrons. The summed E-state index contributed by atoms with van der Waals surface area (Å²) in [6, 6.07) is 8.18. The van der Waals surface area contributed by atoms with E-state index in [1.165, 1.54) is 10.1 Å². The van der Waals surface area contributed by atoms with Crippen LogP contribution in [0.15, 0.2) is 29.6 Å². The summed E-state index contributed by atoms with van der Waals surface area (Å²) >= 11 is 1.69. The zero-order valence-electron chi connectivity index (χ0n) is 8.93. The van der Waals surface area contributed by atoms with Crippen LogP contribution in [0.2, 0.25) is 0 Å². The number of rotatable bonds is 2. The average molecular weight is 234 g/mol. The molecule has 1 aliphatic rings. The second-order valence-electron chi connectivity index (χ2n) is 4.18. The van der Waals surface area contributed by atoms with Crippen LogP contribution in [-0.4, -0.2) is 17.8 Å². The first-order valence-corrected chi connectivity index (χ1v) is 6.50. The third-order valence-electron chi connectivity index (χ3n) is 3.15. The lowest BCUT2D eigenvalue weighted by atomic mass is 10.0. The minimum Gasteiger partial charge on any atom is -0.386 e.